The minimum atomic E-state index is 0.190. The molecule has 0 saturated carbocycles. The third-order valence-electron chi connectivity index (χ3n) is 4.29. The van der Waals surface area contributed by atoms with E-state index in [4.69, 9.17) is 0 Å². The van der Waals surface area contributed by atoms with Gasteiger partial charge in [-0.3, -0.25) is 4.79 Å². The van der Waals surface area contributed by atoms with Gasteiger partial charge in [0.15, 0.2) is 0 Å². The molecule has 2 unspecified atom stereocenters. The maximum atomic E-state index is 12.7. The molecule has 0 aromatic heterocycles. The number of nitrogens with zero attached hydrogens (tertiary/aromatic N) is 1. The second-order valence-corrected chi connectivity index (χ2v) is 5.86. The summed E-state index contributed by atoms with van der Waals surface area (Å²) in [4.78, 5) is 14.7. The fraction of sp³-hybridized carbons (Fsp3) is 0.588. The summed E-state index contributed by atoms with van der Waals surface area (Å²) >= 11 is 0. The van der Waals surface area contributed by atoms with Crippen molar-refractivity contribution in [3.63, 3.8) is 0 Å². The number of nitrogens with one attached hydrogen (secondary N) is 1. The third kappa shape index (κ3) is 3.60. The summed E-state index contributed by atoms with van der Waals surface area (Å²) in [5.41, 5.74) is 2.52. The van der Waals surface area contributed by atoms with Crippen LogP contribution in [0.25, 0.3) is 0 Å². The zero-order chi connectivity index (χ0) is 14.5. The predicted octanol–water partition coefficient (Wildman–Crippen LogP) is 2.73. The van der Waals surface area contributed by atoms with Crippen LogP contribution in [-0.4, -0.2) is 29.9 Å². The van der Waals surface area contributed by atoms with E-state index in [0.717, 1.165) is 32.5 Å². The monoisotopic (exact) mass is 274 g/mol. The summed E-state index contributed by atoms with van der Waals surface area (Å²) in [6.45, 7) is 8.82. The number of aryl methyl sites for hydroxylation is 1. The van der Waals surface area contributed by atoms with Crippen molar-refractivity contribution >= 4 is 5.91 Å². The molecule has 1 amide bonds. The van der Waals surface area contributed by atoms with E-state index in [0.29, 0.717) is 11.9 Å². The molecule has 110 valence electrons. The minimum Gasteiger partial charge on any atom is -0.338 e. The van der Waals surface area contributed by atoms with E-state index < -0.39 is 0 Å². The largest absolute Gasteiger partial charge is 0.338 e. The highest BCUT2D eigenvalue weighted by molar-refractivity contribution is 5.79. The number of piperidine rings is 1. The fourth-order valence-electron chi connectivity index (χ4n) is 2.95. The molecular formula is C17H26N2O. The summed E-state index contributed by atoms with van der Waals surface area (Å²) in [6.07, 6.45) is 1.93. The Balaban J connectivity index is 2.04. The van der Waals surface area contributed by atoms with Crippen molar-refractivity contribution in [2.45, 2.75) is 46.2 Å². The van der Waals surface area contributed by atoms with Gasteiger partial charge in [0.1, 0.15) is 0 Å². The number of benzene rings is 1. The highest BCUT2D eigenvalue weighted by Gasteiger charge is 2.28. The molecule has 0 bridgehead atoms. The van der Waals surface area contributed by atoms with E-state index in [-0.39, 0.29) is 5.92 Å². The first-order chi connectivity index (χ1) is 9.61. The number of amides is 1. The molecule has 1 aromatic carbocycles. The van der Waals surface area contributed by atoms with Gasteiger partial charge in [-0.05, 0) is 51.3 Å². The van der Waals surface area contributed by atoms with Crippen molar-refractivity contribution in [2.75, 3.05) is 13.1 Å². The average Bonchev–Trinajstić information content (AvgIpc) is 2.46. The Labute approximate surface area is 122 Å². The van der Waals surface area contributed by atoms with Crippen LogP contribution >= 0.6 is 0 Å². The Morgan fingerprint density at radius 2 is 2.15 bits per heavy atom. The Morgan fingerprint density at radius 3 is 2.80 bits per heavy atom. The number of hydrogen-bond acceptors (Lipinski definition) is 2. The van der Waals surface area contributed by atoms with Crippen LogP contribution in [0.4, 0.5) is 0 Å². The van der Waals surface area contributed by atoms with Crippen LogP contribution in [0, 0.1) is 12.8 Å². The summed E-state index contributed by atoms with van der Waals surface area (Å²) in [7, 11) is 0. The van der Waals surface area contributed by atoms with Crippen LogP contribution in [0.15, 0.2) is 24.3 Å². The first kappa shape index (κ1) is 15.0. The lowest BCUT2D eigenvalue weighted by molar-refractivity contribution is -0.137. The normalized spacial score (nSPS) is 22.6. The minimum absolute atomic E-state index is 0.190. The average molecular weight is 274 g/mol. The molecule has 1 saturated heterocycles. The maximum Gasteiger partial charge on any atom is 0.226 e. The number of carbonyl (C=O) groups excluding carboxylic acids is 1. The highest BCUT2D eigenvalue weighted by Crippen LogP contribution is 2.20. The predicted molar refractivity (Wildman–Crippen MR) is 82.5 cm³/mol. The molecule has 1 aromatic rings. The zero-order valence-corrected chi connectivity index (χ0v) is 12.9. The van der Waals surface area contributed by atoms with Gasteiger partial charge in [0.05, 0.1) is 0 Å². The molecule has 1 aliphatic heterocycles. The van der Waals surface area contributed by atoms with Gasteiger partial charge < -0.3 is 10.2 Å². The van der Waals surface area contributed by atoms with Crippen molar-refractivity contribution in [2.24, 2.45) is 5.92 Å². The smallest absolute Gasteiger partial charge is 0.226 e. The fourth-order valence-corrected chi connectivity index (χ4v) is 2.95. The Bertz CT molecular complexity index is 458. The molecule has 2 atom stereocenters. The third-order valence-corrected chi connectivity index (χ3v) is 4.29. The highest BCUT2D eigenvalue weighted by atomic mass is 16.2. The van der Waals surface area contributed by atoms with Crippen LogP contribution in [0.1, 0.15) is 37.8 Å². The quantitative estimate of drug-likeness (QED) is 0.915. The lowest BCUT2D eigenvalue weighted by atomic mass is 9.91. The molecule has 1 fully saturated rings. The summed E-state index contributed by atoms with van der Waals surface area (Å²) in [6, 6.07) is 8.78. The van der Waals surface area contributed by atoms with Gasteiger partial charge in [-0.15, -0.1) is 0 Å². The summed E-state index contributed by atoms with van der Waals surface area (Å²) in [5, 5.41) is 3.41. The Morgan fingerprint density at radius 1 is 1.40 bits per heavy atom. The lowest BCUT2D eigenvalue weighted by Crippen LogP contribution is -2.44. The molecule has 1 aliphatic rings. The molecule has 3 nitrogen and oxygen atoms in total. The molecular weight excluding hydrogens is 248 g/mol. The SMILES string of the molecule is CCN(Cc1ccccc1C)C(=O)C1CCNC(C)C1. The van der Waals surface area contributed by atoms with Crippen molar-refractivity contribution in [1.29, 1.82) is 0 Å². The van der Waals surface area contributed by atoms with Gasteiger partial charge in [0, 0.05) is 25.0 Å². The van der Waals surface area contributed by atoms with Crippen molar-refractivity contribution in [3.05, 3.63) is 35.4 Å². The van der Waals surface area contributed by atoms with E-state index in [9.17, 15) is 4.79 Å². The van der Waals surface area contributed by atoms with Crippen LogP contribution in [0.2, 0.25) is 0 Å². The van der Waals surface area contributed by atoms with Crippen LogP contribution in [0.5, 0.6) is 0 Å². The topological polar surface area (TPSA) is 32.3 Å². The van der Waals surface area contributed by atoms with Gasteiger partial charge in [0.2, 0.25) is 5.91 Å². The molecule has 1 heterocycles. The number of carbonyl (C=O) groups is 1. The standard InChI is InChI=1S/C17H26N2O/c1-4-19(12-16-8-6-5-7-13(16)2)17(20)15-9-10-18-14(3)11-15/h5-8,14-15,18H,4,9-12H2,1-3H3. The van der Waals surface area contributed by atoms with Gasteiger partial charge >= 0.3 is 0 Å². The number of hydrogen-bond donors (Lipinski definition) is 1. The van der Waals surface area contributed by atoms with Gasteiger partial charge in [-0.2, -0.15) is 0 Å². The number of rotatable bonds is 4. The van der Waals surface area contributed by atoms with Gasteiger partial charge in [-0.1, -0.05) is 24.3 Å². The van der Waals surface area contributed by atoms with E-state index in [1.807, 2.05) is 17.0 Å². The molecule has 0 radical (unpaired) electrons. The van der Waals surface area contributed by atoms with Crippen LogP contribution in [-0.2, 0) is 11.3 Å². The second-order valence-electron chi connectivity index (χ2n) is 5.86. The maximum absolute atomic E-state index is 12.7. The van der Waals surface area contributed by atoms with Crippen LogP contribution < -0.4 is 5.32 Å². The van der Waals surface area contributed by atoms with E-state index in [1.54, 1.807) is 0 Å². The van der Waals surface area contributed by atoms with Crippen molar-refractivity contribution in [3.8, 4) is 0 Å². The summed E-state index contributed by atoms with van der Waals surface area (Å²) < 4.78 is 0. The molecule has 1 N–H and O–H groups in total. The molecule has 20 heavy (non-hydrogen) atoms. The first-order valence-electron chi connectivity index (χ1n) is 7.68. The summed E-state index contributed by atoms with van der Waals surface area (Å²) in [5.74, 6) is 0.513. The van der Waals surface area contributed by atoms with E-state index >= 15 is 0 Å². The molecule has 3 heteroatoms. The van der Waals surface area contributed by atoms with Crippen LogP contribution in [0.3, 0.4) is 0 Å². The molecule has 2 rings (SSSR count). The Hall–Kier alpha value is -1.35. The van der Waals surface area contributed by atoms with E-state index in [1.165, 1.54) is 11.1 Å². The van der Waals surface area contributed by atoms with E-state index in [2.05, 4.69) is 38.2 Å². The van der Waals surface area contributed by atoms with Crippen molar-refractivity contribution in [1.82, 2.24) is 10.2 Å². The van der Waals surface area contributed by atoms with Crippen molar-refractivity contribution < 1.29 is 4.79 Å². The second kappa shape index (κ2) is 6.89. The molecule has 0 aliphatic carbocycles. The zero-order valence-electron chi connectivity index (χ0n) is 12.9. The van der Waals surface area contributed by atoms with Gasteiger partial charge in [0.25, 0.3) is 0 Å². The van der Waals surface area contributed by atoms with Gasteiger partial charge in [-0.25, -0.2) is 0 Å². The first-order valence-corrected chi connectivity index (χ1v) is 7.68. The molecule has 0 spiro atoms. The lowest BCUT2D eigenvalue weighted by Gasteiger charge is -2.32. The Kier molecular flexibility index (Phi) is 5.18.